The second kappa shape index (κ2) is 8.61. The zero-order valence-electron chi connectivity index (χ0n) is 20.3. The Hall–Kier alpha value is -2.96. The van der Waals surface area contributed by atoms with Crippen LogP contribution in [0, 0.1) is 5.92 Å². The number of aliphatic hydroxyl groups excluding tert-OH is 1. The highest BCUT2D eigenvalue weighted by molar-refractivity contribution is 7.89. The fraction of sp³-hybridized carbons (Fsp3) is 0.522. The molecule has 1 aliphatic carbocycles. The summed E-state index contributed by atoms with van der Waals surface area (Å²) < 4.78 is 36.8. The van der Waals surface area contributed by atoms with Gasteiger partial charge in [-0.2, -0.15) is 9.82 Å². The number of aromatic nitrogens is 5. The van der Waals surface area contributed by atoms with Crippen molar-refractivity contribution in [2.45, 2.75) is 62.8 Å². The van der Waals surface area contributed by atoms with Gasteiger partial charge in [-0.25, -0.2) is 18.1 Å². The number of pyridine rings is 1. The van der Waals surface area contributed by atoms with Crippen molar-refractivity contribution < 1.29 is 18.3 Å². The fourth-order valence-electron chi connectivity index (χ4n) is 4.64. The lowest BCUT2D eigenvalue weighted by Gasteiger charge is -2.35. The minimum atomic E-state index is -3.99. The van der Waals surface area contributed by atoms with E-state index in [0.29, 0.717) is 29.0 Å². The first kappa shape index (κ1) is 23.8. The van der Waals surface area contributed by atoms with Crippen molar-refractivity contribution in [3.05, 3.63) is 42.4 Å². The van der Waals surface area contributed by atoms with Crippen molar-refractivity contribution in [3.63, 3.8) is 0 Å². The highest BCUT2D eigenvalue weighted by Crippen LogP contribution is 2.39. The summed E-state index contributed by atoms with van der Waals surface area (Å²) in [6.45, 7) is 7.14. The van der Waals surface area contributed by atoms with E-state index in [9.17, 15) is 13.5 Å². The van der Waals surface area contributed by atoms with Gasteiger partial charge in [0, 0.05) is 43.2 Å². The molecule has 0 aromatic carbocycles. The monoisotopic (exact) mass is 501 g/mol. The molecule has 0 bridgehead atoms. The molecular weight excluding hydrogens is 470 g/mol. The number of aryl methyl sites for hydroxylation is 1. The van der Waals surface area contributed by atoms with Crippen LogP contribution in [0.2, 0.25) is 0 Å². The van der Waals surface area contributed by atoms with E-state index in [1.165, 1.54) is 17.1 Å². The molecule has 4 heterocycles. The van der Waals surface area contributed by atoms with E-state index in [0.717, 1.165) is 25.8 Å². The molecular formula is C23H31N7O4S. The van der Waals surface area contributed by atoms with E-state index < -0.39 is 16.3 Å². The number of ether oxygens (including phenoxy) is 1. The summed E-state index contributed by atoms with van der Waals surface area (Å²) in [5.41, 5.74) is 0.136. The molecule has 2 aliphatic rings. The minimum absolute atomic E-state index is 0.0277. The van der Waals surface area contributed by atoms with Gasteiger partial charge in [-0.3, -0.25) is 4.68 Å². The zero-order valence-corrected chi connectivity index (χ0v) is 21.1. The second-order valence-electron chi connectivity index (χ2n) is 10.1. The Balaban J connectivity index is 1.50. The van der Waals surface area contributed by atoms with E-state index in [1.54, 1.807) is 36.1 Å². The third kappa shape index (κ3) is 4.91. The molecule has 188 valence electrons. The molecule has 5 rings (SSSR count). The molecule has 35 heavy (non-hydrogen) atoms. The molecule has 1 saturated heterocycles. The van der Waals surface area contributed by atoms with Gasteiger partial charge in [0.1, 0.15) is 23.0 Å². The second-order valence-corrected chi connectivity index (χ2v) is 11.8. The number of rotatable bonds is 8. The third-order valence-electron chi connectivity index (χ3n) is 6.38. The van der Waals surface area contributed by atoms with Crippen molar-refractivity contribution in [2.75, 3.05) is 11.4 Å². The van der Waals surface area contributed by atoms with Gasteiger partial charge in [-0.05, 0) is 51.2 Å². The van der Waals surface area contributed by atoms with Crippen LogP contribution in [-0.4, -0.2) is 56.3 Å². The normalized spacial score (nSPS) is 20.8. The topological polar surface area (TPSA) is 127 Å². The zero-order chi connectivity index (χ0) is 25.0. The van der Waals surface area contributed by atoms with Crippen molar-refractivity contribution in [3.8, 4) is 11.7 Å². The van der Waals surface area contributed by atoms with Crippen LogP contribution < -0.4 is 14.4 Å². The maximum absolute atomic E-state index is 12.8. The third-order valence-corrected chi connectivity index (χ3v) is 7.75. The quantitative estimate of drug-likeness (QED) is 0.450. The number of hydrogen-bond donors (Lipinski definition) is 2. The average molecular weight is 502 g/mol. The molecule has 0 radical (unpaired) electrons. The molecule has 3 aromatic heterocycles. The molecule has 0 spiro atoms. The predicted molar refractivity (Wildman–Crippen MR) is 129 cm³/mol. The first-order valence-electron chi connectivity index (χ1n) is 11.7. The summed E-state index contributed by atoms with van der Waals surface area (Å²) in [6.07, 6.45) is 6.15. The lowest BCUT2D eigenvalue weighted by atomic mass is 9.97. The highest BCUT2D eigenvalue weighted by atomic mass is 32.2. The largest absolute Gasteiger partial charge is 0.473 e. The van der Waals surface area contributed by atoms with E-state index in [-0.39, 0.29) is 16.5 Å². The lowest BCUT2D eigenvalue weighted by molar-refractivity contribution is 0.166. The molecule has 1 aliphatic heterocycles. The first-order chi connectivity index (χ1) is 16.5. The number of hydrogen-bond acceptors (Lipinski definition) is 8. The predicted octanol–water partition coefficient (Wildman–Crippen LogP) is 2.14. The summed E-state index contributed by atoms with van der Waals surface area (Å²) in [4.78, 5) is 6.95. The van der Waals surface area contributed by atoms with Crippen LogP contribution in [0.1, 0.15) is 51.8 Å². The Morgan fingerprint density at radius 1 is 1.26 bits per heavy atom. The SMILES string of the molecule is C[C@@H]1CN(c2nc(-n3ccc(OC4CC4)n3)ccc2C(O)NS(=O)(=O)c2cnn(C)c2)C(C)(C)C1. The summed E-state index contributed by atoms with van der Waals surface area (Å²) in [7, 11) is -2.37. The van der Waals surface area contributed by atoms with E-state index in [2.05, 4.69) is 40.6 Å². The van der Waals surface area contributed by atoms with Crippen LogP contribution in [-0.2, 0) is 17.1 Å². The van der Waals surface area contributed by atoms with Gasteiger partial charge >= 0.3 is 0 Å². The maximum Gasteiger partial charge on any atom is 0.246 e. The summed E-state index contributed by atoms with van der Waals surface area (Å²) in [5, 5.41) is 19.4. The molecule has 0 amide bonds. The van der Waals surface area contributed by atoms with Crippen LogP contribution in [0.25, 0.3) is 5.82 Å². The van der Waals surface area contributed by atoms with Gasteiger partial charge in [0.05, 0.1) is 6.20 Å². The molecule has 2 N–H and O–H groups in total. The van der Waals surface area contributed by atoms with Gasteiger partial charge in [0.15, 0.2) is 5.82 Å². The molecule has 2 atom stereocenters. The number of sulfonamides is 1. The Morgan fingerprint density at radius 3 is 2.66 bits per heavy atom. The summed E-state index contributed by atoms with van der Waals surface area (Å²) in [5.74, 6) is 2.01. The number of nitrogens with one attached hydrogen (secondary N) is 1. The Labute approximate surface area is 204 Å². The maximum atomic E-state index is 12.8. The lowest BCUT2D eigenvalue weighted by Crippen LogP contribution is -2.40. The highest BCUT2D eigenvalue weighted by Gasteiger charge is 2.39. The number of aliphatic hydroxyl groups is 1. The molecule has 2 fully saturated rings. The molecule has 1 unspecified atom stereocenters. The van der Waals surface area contributed by atoms with E-state index in [4.69, 9.17) is 9.72 Å². The van der Waals surface area contributed by atoms with Crippen LogP contribution in [0.5, 0.6) is 5.88 Å². The van der Waals surface area contributed by atoms with Crippen LogP contribution in [0.4, 0.5) is 5.82 Å². The van der Waals surface area contributed by atoms with Crippen LogP contribution in [0.15, 0.2) is 41.7 Å². The minimum Gasteiger partial charge on any atom is -0.473 e. The average Bonchev–Trinajstić information content (AvgIpc) is 3.14. The number of nitrogens with zero attached hydrogens (tertiary/aromatic N) is 6. The van der Waals surface area contributed by atoms with E-state index >= 15 is 0 Å². The smallest absolute Gasteiger partial charge is 0.246 e. The molecule has 12 heteroatoms. The van der Waals surface area contributed by atoms with E-state index in [1.807, 2.05) is 0 Å². The standard InChI is InChI=1S/C23H31N7O4S/c1-15-11-23(2,3)29(13-15)21-18(22(31)27-35(32,33)17-12-24-28(4)14-17)7-8-19(25-21)30-10-9-20(26-30)34-16-5-6-16/h7-10,12,14-16,22,27,31H,5-6,11,13H2,1-4H3/t15-,22?/m0/s1. The van der Waals surface area contributed by atoms with Gasteiger partial charge in [-0.15, -0.1) is 5.10 Å². The Kier molecular flexibility index (Phi) is 5.85. The van der Waals surface area contributed by atoms with Gasteiger partial charge < -0.3 is 14.7 Å². The molecule has 11 nitrogen and oxygen atoms in total. The van der Waals surface area contributed by atoms with Gasteiger partial charge in [0.25, 0.3) is 0 Å². The van der Waals surface area contributed by atoms with Crippen LogP contribution in [0.3, 0.4) is 0 Å². The van der Waals surface area contributed by atoms with Crippen molar-refractivity contribution >= 4 is 15.8 Å². The molecule has 1 saturated carbocycles. The van der Waals surface area contributed by atoms with Crippen molar-refractivity contribution in [1.82, 2.24) is 29.3 Å². The fourth-order valence-corrected chi connectivity index (χ4v) is 5.67. The summed E-state index contributed by atoms with van der Waals surface area (Å²) >= 11 is 0. The Bertz CT molecular complexity index is 1330. The summed E-state index contributed by atoms with van der Waals surface area (Å²) in [6, 6.07) is 5.20. The van der Waals surface area contributed by atoms with Crippen molar-refractivity contribution in [2.24, 2.45) is 13.0 Å². The van der Waals surface area contributed by atoms with Gasteiger partial charge in [-0.1, -0.05) is 6.92 Å². The first-order valence-corrected chi connectivity index (χ1v) is 13.2. The molecule has 3 aromatic rings. The van der Waals surface area contributed by atoms with Crippen molar-refractivity contribution in [1.29, 1.82) is 0 Å². The Morgan fingerprint density at radius 2 is 2.03 bits per heavy atom. The van der Waals surface area contributed by atoms with Crippen LogP contribution >= 0.6 is 0 Å². The number of anilines is 1. The van der Waals surface area contributed by atoms with Gasteiger partial charge in [0.2, 0.25) is 15.9 Å².